The van der Waals surface area contributed by atoms with Crippen LogP contribution in [0.25, 0.3) is 55.8 Å². The Morgan fingerprint density at radius 3 is 1.83 bits per heavy atom. The summed E-state index contributed by atoms with van der Waals surface area (Å²) < 4.78 is 4.39. The van der Waals surface area contributed by atoms with Crippen molar-refractivity contribution in [3.05, 3.63) is 126 Å². The third-order valence-electron chi connectivity index (χ3n) is 6.56. The van der Waals surface area contributed by atoms with Crippen LogP contribution >= 0.6 is 11.6 Å². The summed E-state index contributed by atoms with van der Waals surface area (Å²) in [4.78, 5) is 5.04. The topological polar surface area (TPSA) is 22.2 Å². The second-order valence-corrected chi connectivity index (χ2v) is 9.09. The zero-order chi connectivity index (χ0) is 23.4. The average Bonchev–Trinajstić information content (AvgIpc) is 3.45. The van der Waals surface area contributed by atoms with Gasteiger partial charge in [-0.3, -0.25) is 8.97 Å². The first-order valence-electron chi connectivity index (χ1n) is 11.6. The van der Waals surface area contributed by atoms with E-state index in [1.165, 1.54) is 11.1 Å². The zero-order valence-corrected chi connectivity index (χ0v) is 19.5. The lowest BCUT2D eigenvalue weighted by atomic mass is 9.98. The molecular weight excluding hydrogens is 450 g/mol. The SMILES string of the molecule is Clc1cccc2c1n(-c1cc(-c3ccccc3)cc(-c3ccccc3)c1)c1nc3ccccc3n21. The van der Waals surface area contributed by atoms with Gasteiger partial charge in [-0.25, -0.2) is 4.98 Å². The molecule has 0 saturated heterocycles. The lowest BCUT2D eigenvalue weighted by molar-refractivity contribution is 1.11. The van der Waals surface area contributed by atoms with E-state index in [-0.39, 0.29) is 0 Å². The Labute approximate surface area is 207 Å². The van der Waals surface area contributed by atoms with Crippen LogP contribution in [0.4, 0.5) is 0 Å². The maximum atomic E-state index is 6.84. The van der Waals surface area contributed by atoms with Crippen LogP contribution in [0.5, 0.6) is 0 Å². The standard InChI is InChI=1S/C31H20ClN3/c32-26-14-9-17-29-30(26)34(31-33-27-15-7-8-16-28(27)35(29)31)25-19-23(21-10-3-1-4-11-21)18-24(20-25)22-12-5-2-6-13-22/h1-20H. The van der Waals surface area contributed by atoms with Crippen LogP contribution in [0.15, 0.2) is 121 Å². The summed E-state index contributed by atoms with van der Waals surface area (Å²) in [7, 11) is 0. The van der Waals surface area contributed by atoms with E-state index >= 15 is 0 Å². The number of hydrogen-bond donors (Lipinski definition) is 0. The van der Waals surface area contributed by atoms with Gasteiger partial charge >= 0.3 is 0 Å². The van der Waals surface area contributed by atoms with Crippen molar-refractivity contribution in [1.29, 1.82) is 0 Å². The maximum Gasteiger partial charge on any atom is 0.220 e. The Kier molecular flexibility index (Phi) is 4.51. The summed E-state index contributed by atoms with van der Waals surface area (Å²) in [6.45, 7) is 0. The first kappa shape index (κ1) is 20.1. The van der Waals surface area contributed by atoms with Crippen molar-refractivity contribution in [1.82, 2.24) is 14.0 Å². The molecule has 2 aromatic heterocycles. The van der Waals surface area contributed by atoms with Gasteiger partial charge in [0.15, 0.2) is 0 Å². The summed E-state index contributed by atoms with van der Waals surface area (Å²) in [6.07, 6.45) is 0. The molecule has 2 heterocycles. The largest absolute Gasteiger partial charge is 0.277 e. The first-order chi connectivity index (χ1) is 17.3. The number of benzene rings is 5. The minimum Gasteiger partial charge on any atom is -0.277 e. The monoisotopic (exact) mass is 469 g/mol. The molecule has 35 heavy (non-hydrogen) atoms. The minimum atomic E-state index is 0.698. The van der Waals surface area contributed by atoms with Crippen molar-refractivity contribution in [2.75, 3.05) is 0 Å². The Morgan fingerprint density at radius 2 is 1.14 bits per heavy atom. The van der Waals surface area contributed by atoms with Crippen LogP contribution in [-0.2, 0) is 0 Å². The first-order valence-corrected chi connectivity index (χ1v) is 12.0. The van der Waals surface area contributed by atoms with Crippen LogP contribution in [0.1, 0.15) is 0 Å². The molecule has 0 radical (unpaired) electrons. The highest BCUT2D eigenvalue weighted by Crippen LogP contribution is 2.36. The number of hydrogen-bond acceptors (Lipinski definition) is 1. The summed E-state index contributed by atoms with van der Waals surface area (Å²) in [5.41, 5.74) is 9.65. The van der Waals surface area contributed by atoms with Gasteiger partial charge < -0.3 is 0 Å². The molecule has 0 atom stereocenters. The predicted molar refractivity (Wildman–Crippen MR) is 145 cm³/mol. The van der Waals surface area contributed by atoms with E-state index in [0.29, 0.717) is 5.02 Å². The van der Waals surface area contributed by atoms with Crippen molar-refractivity contribution >= 4 is 39.4 Å². The normalized spacial score (nSPS) is 11.6. The lowest BCUT2D eigenvalue weighted by Crippen LogP contribution is -1.97. The average molecular weight is 470 g/mol. The number of rotatable bonds is 3. The van der Waals surface area contributed by atoms with E-state index in [9.17, 15) is 0 Å². The smallest absolute Gasteiger partial charge is 0.220 e. The number of halogens is 1. The molecule has 166 valence electrons. The summed E-state index contributed by atoms with van der Waals surface area (Å²) in [5.74, 6) is 0.846. The third-order valence-corrected chi connectivity index (χ3v) is 6.87. The van der Waals surface area contributed by atoms with Gasteiger partial charge in [-0.05, 0) is 64.7 Å². The fraction of sp³-hybridized carbons (Fsp3) is 0. The van der Waals surface area contributed by atoms with E-state index in [2.05, 4.69) is 93.9 Å². The number of fused-ring (bicyclic) bond motifs is 5. The molecule has 0 aliphatic heterocycles. The van der Waals surface area contributed by atoms with E-state index in [4.69, 9.17) is 16.6 Å². The molecule has 0 amide bonds. The van der Waals surface area contributed by atoms with Crippen molar-refractivity contribution in [2.45, 2.75) is 0 Å². The Balaban J connectivity index is 1.61. The van der Waals surface area contributed by atoms with E-state index in [1.807, 2.05) is 36.4 Å². The van der Waals surface area contributed by atoms with Gasteiger partial charge in [-0.15, -0.1) is 0 Å². The molecule has 0 N–H and O–H groups in total. The number of nitrogens with zero attached hydrogens (tertiary/aromatic N) is 3. The van der Waals surface area contributed by atoms with Crippen molar-refractivity contribution in [3.63, 3.8) is 0 Å². The molecule has 0 unspecified atom stereocenters. The van der Waals surface area contributed by atoms with E-state index in [0.717, 1.165) is 44.7 Å². The van der Waals surface area contributed by atoms with Gasteiger partial charge in [0.25, 0.3) is 0 Å². The van der Waals surface area contributed by atoms with Crippen molar-refractivity contribution in [2.24, 2.45) is 0 Å². The third kappa shape index (κ3) is 3.17. The highest BCUT2D eigenvalue weighted by molar-refractivity contribution is 6.35. The molecule has 0 saturated carbocycles. The minimum absolute atomic E-state index is 0.698. The predicted octanol–water partition coefficient (Wildman–Crippen LogP) is 8.42. The molecule has 4 heteroatoms. The summed E-state index contributed by atoms with van der Waals surface area (Å²) in [6, 6.07) is 42.0. The molecule has 3 nitrogen and oxygen atoms in total. The number of para-hydroxylation sites is 3. The van der Waals surface area contributed by atoms with Crippen LogP contribution < -0.4 is 0 Å². The summed E-state index contributed by atoms with van der Waals surface area (Å²) in [5, 5.41) is 0.698. The molecule has 5 aromatic carbocycles. The molecule has 7 aromatic rings. The molecule has 7 rings (SSSR count). The lowest BCUT2D eigenvalue weighted by Gasteiger charge is -2.13. The highest BCUT2D eigenvalue weighted by Gasteiger charge is 2.20. The van der Waals surface area contributed by atoms with Crippen molar-refractivity contribution in [3.8, 4) is 27.9 Å². The quantitative estimate of drug-likeness (QED) is 0.254. The number of aromatic nitrogens is 3. The molecule has 0 spiro atoms. The fourth-order valence-electron chi connectivity index (χ4n) is 4.99. The second-order valence-electron chi connectivity index (χ2n) is 8.68. The van der Waals surface area contributed by atoms with Crippen LogP contribution in [-0.4, -0.2) is 14.0 Å². The maximum absolute atomic E-state index is 6.84. The van der Waals surface area contributed by atoms with Gasteiger partial charge in [-0.1, -0.05) is 90.5 Å². The van der Waals surface area contributed by atoms with Crippen LogP contribution in [0, 0.1) is 0 Å². The Hall–Kier alpha value is -4.34. The highest BCUT2D eigenvalue weighted by atomic mass is 35.5. The van der Waals surface area contributed by atoms with Gasteiger partial charge in [-0.2, -0.15) is 0 Å². The van der Waals surface area contributed by atoms with Crippen LogP contribution in [0.3, 0.4) is 0 Å². The van der Waals surface area contributed by atoms with E-state index < -0.39 is 0 Å². The zero-order valence-electron chi connectivity index (χ0n) is 18.8. The molecular formula is C31H20ClN3. The van der Waals surface area contributed by atoms with E-state index in [1.54, 1.807) is 0 Å². The Morgan fingerprint density at radius 1 is 0.543 bits per heavy atom. The Bertz CT molecular complexity index is 1790. The second kappa shape index (κ2) is 7.86. The molecule has 0 fully saturated rings. The van der Waals surface area contributed by atoms with Gasteiger partial charge in [0.1, 0.15) is 0 Å². The van der Waals surface area contributed by atoms with Crippen molar-refractivity contribution < 1.29 is 0 Å². The molecule has 0 bridgehead atoms. The van der Waals surface area contributed by atoms with Gasteiger partial charge in [0.2, 0.25) is 5.78 Å². The molecule has 0 aliphatic rings. The molecule has 0 aliphatic carbocycles. The summed E-state index contributed by atoms with van der Waals surface area (Å²) >= 11 is 6.84. The van der Waals surface area contributed by atoms with Gasteiger partial charge in [0.05, 0.1) is 32.8 Å². The van der Waals surface area contributed by atoms with Crippen LogP contribution in [0.2, 0.25) is 5.02 Å². The fourth-order valence-corrected chi connectivity index (χ4v) is 5.24. The van der Waals surface area contributed by atoms with Gasteiger partial charge in [0, 0.05) is 0 Å². The number of imidazole rings is 2.